The normalized spacial score (nSPS) is 15.9. The number of methoxy groups -OCH3 is 2. The van der Waals surface area contributed by atoms with Gasteiger partial charge in [-0.3, -0.25) is 0 Å². The first-order valence-electron chi connectivity index (χ1n) is 8.17. The van der Waals surface area contributed by atoms with Crippen LogP contribution in [0, 0.1) is 0 Å². The lowest BCUT2D eigenvalue weighted by Gasteiger charge is -2.40. The van der Waals surface area contributed by atoms with E-state index in [4.69, 9.17) is 9.47 Å². The highest BCUT2D eigenvalue weighted by Gasteiger charge is 2.48. The van der Waals surface area contributed by atoms with Crippen molar-refractivity contribution in [2.24, 2.45) is 0 Å². The molecular weight excluding hydrogens is 338 g/mol. The van der Waals surface area contributed by atoms with E-state index in [1.807, 2.05) is 37.3 Å². The summed E-state index contributed by atoms with van der Waals surface area (Å²) in [5.41, 5.74) is 1.05. The van der Waals surface area contributed by atoms with Crippen LogP contribution in [0.2, 0.25) is 0 Å². The van der Waals surface area contributed by atoms with Crippen LogP contribution < -0.4 is 5.32 Å². The van der Waals surface area contributed by atoms with Gasteiger partial charge < -0.3 is 24.3 Å². The lowest BCUT2D eigenvalue weighted by atomic mass is 9.72. The van der Waals surface area contributed by atoms with E-state index in [1.165, 1.54) is 14.2 Å². The second-order valence-corrected chi connectivity index (χ2v) is 5.77. The van der Waals surface area contributed by atoms with Gasteiger partial charge in [-0.25, -0.2) is 9.59 Å². The number of rotatable bonds is 4. The average Bonchev–Trinajstić information content (AvgIpc) is 2.66. The fourth-order valence-electron chi connectivity index (χ4n) is 3.23. The van der Waals surface area contributed by atoms with Crippen LogP contribution in [0.3, 0.4) is 0 Å². The molecule has 0 saturated carbocycles. The third kappa shape index (κ3) is 3.37. The topological polar surface area (TPSA) is 83.1 Å². The minimum Gasteiger partial charge on any atom is -0.437 e. The molecule has 0 saturated heterocycles. The number of benzene rings is 1. The zero-order chi connectivity index (χ0) is 19.3. The molecule has 0 fully saturated rings. The highest BCUT2D eigenvalue weighted by atomic mass is 16.7. The van der Waals surface area contributed by atoms with Crippen molar-refractivity contribution in [1.82, 2.24) is 5.32 Å². The van der Waals surface area contributed by atoms with Crippen molar-refractivity contribution in [2.45, 2.75) is 32.6 Å². The molecule has 0 bridgehead atoms. The number of hydrogen-bond acceptors (Lipinski definition) is 7. The van der Waals surface area contributed by atoms with Gasteiger partial charge >= 0.3 is 12.3 Å². The van der Waals surface area contributed by atoms with Crippen molar-refractivity contribution >= 4 is 12.3 Å². The quantitative estimate of drug-likeness (QED) is 0.813. The van der Waals surface area contributed by atoms with Crippen LogP contribution in [0.15, 0.2) is 53.2 Å². The number of hydrogen-bond donors (Lipinski definition) is 1. The molecule has 0 aliphatic carbocycles. The lowest BCUT2D eigenvalue weighted by Crippen LogP contribution is -2.42. The summed E-state index contributed by atoms with van der Waals surface area (Å²) in [6.07, 6.45) is -1.25. The zero-order valence-corrected chi connectivity index (χ0v) is 15.5. The van der Waals surface area contributed by atoms with Gasteiger partial charge in [0.05, 0.1) is 25.6 Å². The van der Waals surface area contributed by atoms with Crippen molar-refractivity contribution in [3.05, 3.63) is 58.8 Å². The van der Waals surface area contributed by atoms with Crippen molar-refractivity contribution in [3.63, 3.8) is 0 Å². The lowest BCUT2D eigenvalue weighted by molar-refractivity contribution is 0.0637. The van der Waals surface area contributed by atoms with Crippen molar-refractivity contribution in [1.29, 1.82) is 0 Å². The van der Waals surface area contributed by atoms with E-state index >= 15 is 0 Å². The molecule has 1 heterocycles. The molecule has 1 N–H and O–H groups in total. The Hall–Kier alpha value is -2.96. The molecule has 0 spiro atoms. The largest absolute Gasteiger partial charge is 0.513 e. The first-order chi connectivity index (χ1) is 12.4. The second kappa shape index (κ2) is 7.95. The second-order valence-electron chi connectivity index (χ2n) is 5.77. The summed E-state index contributed by atoms with van der Waals surface area (Å²) in [7, 11) is 2.47. The number of allylic oxidation sites excluding steroid dienone is 2. The number of ether oxygens (including phenoxy) is 4. The van der Waals surface area contributed by atoms with E-state index in [2.05, 4.69) is 14.8 Å². The Balaban J connectivity index is 2.72. The monoisotopic (exact) mass is 361 g/mol. The van der Waals surface area contributed by atoms with Crippen LogP contribution in [0.4, 0.5) is 9.59 Å². The molecule has 7 heteroatoms. The summed E-state index contributed by atoms with van der Waals surface area (Å²) in [6, 6.07) is 9.38. The van der Waals surface area contributed by atoms with Gasteiger partial charge in [-0.2, -0.15) is 0 Å². The fourth-order valence-corrected chi connectivity index (χ4v) is 3.23. The summed E-state index contributed by atoms with van der Waals surface area (Å²) in [6.45, 7) is 5.48. The Labute approximate surface area is 152 Å². The van der Waals surface area contributed by atoms with Crippen LogP contribution in [-0.4, -0.2) is 26.5 Å². The first kappa shape index (κ1) is 19.4. The van der Waals surface area contributed by atoms with Gasteiger partial charge in [0.2, 0.25) is 0 Å². The molecule has 1 aromatic carbocycles. The third-order valence-electron chi connectivity index (χ3n) is 4.33. The van der Waals surface area contributed by atoms with E-state index in [9.17, 15) is 9.59 Å². The van der Waals surface area contributed by atoms with Crippen molar-refractivity contribution in [2.75, 3.05) is 14.2 Å². The third-order valence-corrected chi connectivity index (χ3v) is 4.33. The van der Waals surface area contributed by atoms with E-state index < -0.39 is 17.7 Å². The molecule has 26 heavy (non-hydrogen) atoms. The minimum atomic E-state index is -0.997. The van der Waals surface area contributed by atoms with Gasteiger partial charge in [0, 0.05) is 0 Å². The summed E-state index contributed by atoms with van der Waals surface area (Å²) >= 11 is 0. The number of carbonyl (C=O) groups is 2. The molecule has 0 aromatic heterocycles. The van der Waals surface area contributed by atoms with Crippen LogP contribution >= 0.6 is 0 Å². The van der Waals surface area contributed by atoms with Gasteiger partial charge in [-0.1, -0.05) is 37.3 Å². The summed E-state index contributed by atoms with van der Waals surface area (Å²) in [5.74, 6) is 0.616. The van der Waals surface area contributed by atoms with Crippen molar-refractivity contribution < 1.29 is 28.5 Å². The first-order valence-corrected chi connectivity index (χ1v) is 8.17. The maximum atomic E-state index is 11.9. The molecule has 0 amide bonds. The Morgan fingerprint density at radius 2 is 1.38 bits per heavy atom. The number of carbonyl (C=O) groups excluding carboxylic acids is 2. The highest BCUT2D eigenvalue weighted by Crippen LogP contribution is 2.47. The minimum absolute atomic E-state index is 0.308. The number of nitrogens with one attached hydrogen (secondary N) is 1. The standard InChI is InChI=1S/C19H23NO6/c1-6-19(14-10-8-7-9-11-14)15(25-17(21)23-4)12(2)20-13(3)16(19)26-18(22)24-5/h7-11,20H,6H2,1-5H3. The molecule has 1 aromatic rings. The predicted octanol–water partition coefficient (Wildman–Crippen LogP) is 3.97. The van der Waals surface area contributed by atoms with E-state index in [0.717, 1.165) is 5.56 Å². The zero-order valence-electron chi connectivity index (χ0n) is 15.5. The molecule has 7 nitrogen and oxygen atoms in total. The molecule has 1 aliphatic rings. The maximum absolute atomic E-state index is 11.9. The predicted molar refractivity (Wildman–Crippen MR) is 93.9 cm³/mol. The van der Waals surface area contributed by atoms with Gasteiger partial charge in [-0.05, 0) is 25.8 Å². The Bertz CT molecular complexity index is 711. The van der Waals surface area contributed by atoms with Gasteiger partial charge in [0.15, 0.2) is 0 Å². The molecule has 1 aliphatic heterocycles. The summed E-state index contributed by atoms with van der Waals surface area (Å²) in [4.78, 5) is 23.7. The van der Waals surface area contributed by atoms with E-state index in [1.54, 1.807) is 13.8 Å². The Kier molecular flexibility index (Phi) is 5.92. The van der Waals surface area contributed by atoms with Gasteiger partial charge in [0.1, 0.15) is 16.9 Å². The van der Waals surface area contributed by atoms with Gasteiger partial charge in [-0.15, -0.1) is 0 Å². The smallest absolute Gasteiger partial charge is 0.437 e. The van der Waals surface area contributed by atoms with Crippen LogP contribution in [-0.2, 0) is 24.4 Å². The fraction of sp³-hybridized carbons (Fsp3) is 0.368. The van der Waals surface area contributed by atoms with E-state index in [-0.39, 0.29) is 0 Å². The average molecular weight is 361 g/mol. The van der Waals surface area contributed by atoms with Crippen LogP contribution in [0.25, 0.3) is 0 Å². The van der Waals surface area contributed by atoms with Crippen LogP contribution in [0.5, 0.6) is 0 Å². The Morgan fingerprint density at radius 1 is 0.923 bits per heavy atom. The molecule has 0 unspecified atom stereocenters. The molecule has 2 rings (SSSR count). The molecule has 140 valence electrons. The summed E-state index contributed by atoms with van der Waals surface area (Å²) in [5, 5.41) is 3.09. The Morgan fingerprint density at radius 3 is 1.77 bits per heavy atom. The van der Waals surface area contributed by atoms with Gasteiger partial charge in [0.25, 0.3) is 0 Å². The SMILES string of the molecule is CCC1(c2ccccc2)C(OC(=O)OC)=C(C)NC(C)=C1OC(=O)OC. The van der Waals surface area contributed by atoms with Crippen molar-refractivity contribution in [3.8, 4) is 0 Å². The molecule has 0 atom stereocenters. The highest BCUT2D eigenvalue weighted by molar-refractivity contribution is 5.66. The maximum Gasteiger partial charge on any atom is 0.513 e. The van der Waals surface area contributed by atoms with Crippen LogP contribution in [0.1, 0.15) is 32.8 Å². The number of dihydropyridines is 1. The molecular formula is C19H23NO6. The van der Waals surface area contributed by atoms with E-state index in [0.29, 0.717) is 29.3 Å². The molecule has 0 radical (unpaired) electrons. The summed E-state index contributed by atoms with van der Waals surface area (Å²) < 4.78 is 20.3.